The normalized spacial score (nSPS) is 11.4. The van der Waals surface area contributed by atoms with Crippen LogP contribution in [0.25, 0.3) is 10.9 Å². The highest BCUT2D eigenvalue weighted by Gasteiger charge is 2.38. The van der Waals surface area contributed by atoms with E-state index in [9.17, 15) is 31.1 Å². The van der Waals surface area contributed by atoms with Crippen molar-refractivity contribution < 1.29 is 50.9 Å². The molecule has 0 radical (unpaired) electrons. The first-order valence-electron chi connectivity index (χ1n) is 13.4. The number of amidine groups is 1. The van der Waals surface area contributed by atoms with Crippen LogP contribution in [0.3, 0.4) is 0 Å². The third kappa shape index (κ3) is 11.5. The van der Waals surface area contributed by atoms with Crippen LogP contribution in [0.2, 0.25) is 0 Å². The molecule has 0 fully saturated rings. The number of rotatable bonds is 7. The first-order chi connectivity index (χ1) is 21.6. The van der Waals surface area contributed by atoms with Crippen LogP contribution in [0.1, 0.15) is 27.2 Å². The quantitative estimate of drug-likeness (QED) is 0.101. The molecule has 0 aliphatic rings. The number of amides is 1. The van der Waals surface area contributed by atoms with Crippen molar-refractivity contribution in [3.63, 3.8) is 0 Å². The van der Waals surface area contributed by atoms with Crippen molar-refractivity contribution >= 4 is 40.3 Å². The number of aromatic nitrogens is 1. The molecule has 16 heteroatoms. The summed E-state index contributed by atoms with van der Waals surface area (Å²) >= 11 is 0. The van der Waals surface area contributed by atoms with Gasteiger partial charge in [-0.3, -0.25) is 14.7 Å². The van der Waals surface area contributed by atoms with Gasteiger partial charge in [0.1, 0.15) is 23.2 Å². The van der Waals surface area contributed by atoms with Crippen LogP contribution < -0.4 is 20.6 Å². The number of nitrogens with two attached hydrogens (primary N) is 1. The number of hydrogen-bond donors (Lipinski definition) is 4. The topological polar surface area (TPSA) is 161 Å². The summed E-state index contributed by atoms with van der Waals surface area (Å²) in [6.07, 6.45) is -10.3. The Morgan fingerprint density at radius 2 is 1.43 bits per heavy atom. The average Bonchev–Trinajstić information content (AvgIpc) is 3.33. The van der Waals surface area contributed by atoms with Gasteiger partial charge in [-0.05, 0) is 41.5 Å². The zero-order valence-corrected chi connectivity index (χ0v) is 25.2. The summed E-state index contributed by atoms with van der Waals surface area (Å²) < 4.78 is 66.1. The number of carbonyl (C=O) groups excluding carboxylic acids is 2. The number of halogens is 6. The van der Waals surface area contributed by atoms with Crippen molar-refractivity contribution in [2.75, 3.05) is 21.1 Å². The largest absolute Gasteiger partial charge is 0.542 e. The van der Waals surface area contributed by atoms with E-state index in [2.05, 4.69) is 50.7 Å². The van der Waals surface area contributed by atoms with Gasteiger partial charge in [0.2, 0.25) is 0 Å². The number of aliphatic carboxylic acids is 2. The van der Waals surface area contributed by atoms with Gasteiger partial charge in [0.05, 0.1) is 21.1 Å². The lowest BCUT2D eigenvalue weighted by molar-refractivity contribution is -0.344. The Morgan fingerprint density at radius 3 is 1.91 bits per heavy atom. The Balaban J connectivity index is 0.000000459. The standard InChI is InChI=1S/C27H29N5O.2C2HF3O2/c1-32(2,3)23-13-11-19(12-14-23)17-30-27(33)25-16-21-8-4-5-10-24(21)31(25)18-20-7-6-9-22(15-20)26(28)29;2*3-2(4,5)1(6)7/h4-16H,17-18H2,1-3H3,(H3-,28,29,30,33);2*(H,6,7). The lowest BCUT2D eigenvalue weighted by Crippen LogP contribution is -2.37. The molecular formula is C31H31F6N5O5. The minimum absolute atomic E-state index is 0.0310. The number of carboxylic acids is 2. The van der Waals surface area contributed by atoms with E-state index in [0.717, 1.165) is 26.5 Å². The fourth-order valence-electron chi connectivity index (χ4n) is 3.92. The summed E-state index contributed by atoms with van der Waals surface area (Å²) in [5, 5.41) is 27.7. The third-order valence-corrected chi connectivity index (χ3v) is 6.26. The number of carbonyl (C=O) groups is 3. The first kappa shape index (κ1) is 37.8. The predicted molar refractivity (Wildman–Crippen MR) is 160 cm³/mol. The van der Waals surface area contributed by atoms with Crippen molar-refractivity contribution in [3.8, 4) is 0 Å². The van der Waals surface area contributed by atoms with Gasteiger partial charge in [0.15, 0.2) is 0 Å². The molecule has 0 saturated heterocycles. The highest BCUT2D eigenvalue weighted by Crippen LogP contribution is 2.23. The molecular weight excluding hydrogens is 636 g/mol. The Kier molecular flexibility index (Phi) is 12.3. The van der Waals surface area contributed by atoms with Crippen molar-refractivity contribution in [2.24, 2.45) is 5.73 Å². The molecule has 0 unspecified atom stereocenters. The molecule has 1 heterocycles. The molecule has 10 nitrogen and oxygen atoms in total. The van der Waals surface area contributed by atoms with Crippen LogP contribution in [-0.2, 0) is 22.7 Å². The number of alkyl halides is 6. The number of carboxylic acid groups (broad SMARTS) is 2. The van der Waals surface area contributed by atoms with Gasteiger partial charge >= 0.3 is 18.3 Å². The van der Waals surface area contributed by atoms with Gasteiger partial charge in [0, 0.05) is 29.6 Å². The van der Waals surface area contributed by atoms with Gasteiger partial charge in [-0.15, -0.1) is 0 Å². The van der Waals surface area contributed by atoms with Crippen LogP contribution >= 0.6 is 0 Å². The van der Waals surface area contributed by atoms with Crippen molar-refractivity contribution in [1.82, 2.24) is 14.4 Å². The minimum Gasteiger partial charge on any atom is -0.542 e. The number of quaternary nitrogens is 1. The molecule has 0 atom stereocenters. The van der Waals surface area contributed by atoms with E-state index in [4.69, 9.17) is 30.9 Å². The molecule has 0 aliphatic carbocycles. The molecule has 252 valence electrons. The molecule has 1 aromatic heterocycles. The Bertz CT molecular complexity index is 1700. The number of para-hydroxylation sites is 1. The van der Waals surface area contributed by atoms with Gasteiger partial charge < -0.3 is 30.6 Å². The highest BCUT2D eigenvalue weighted by atomic mass is 19.4. The second kappa shape index (κ2) is 15.3. The maximum atomic E-state index is 13.2. The monoisotopic (exact) mass is 667 g/mol. The van der Waals surface area contributed by atoms with Gasteiger partial charge in [0.25, 0.3) is 5.91 Å². The fourth-order valence-corrected chi connectivity index (χ4v) is 3.92. The van der Waals surface area contributed by atoms with Crippen LogP contribution in [-0.4, -0.2) is 66.9 Å². The summed E-state index contributed by atoms with van der Waals surface area (Å²) in [4.78, 5) is 30.9. The zero-order chi connectivity index (χ0) is 35.7. The smallest absolute Gasteiger partial charge is 0.490 e. The molecule has 0 saturated carbocycles. The molecule has 0 bridgehead atoms. The van der Waals surface area contributed by atoms with E-state index < -0.39 is 24.3 Å². The molecule has 4 rings (SSSR count). The van der Waals surface area contributed by atoms with Gasteiger partial charge in [-0.25, -0.2) is 4.79 Å². The van der Waals surface area contributed by atoms with E-state index in [-0.39, 0.29) is 11.7 Å². The van der Waals surface area contributed by atoms with Crippen molar-refractivity contribution in [2.45, 2.75) is 25.4 Å². The predicted octanol–water partition coefficient (Wildman–Crippen LogP) is 4.03. The van der Waals surface area contributed by atoms with E-state index >= 15 is 0 Å². The number of nitrogen functional groups attached to an aromatic ring is 1. The molecule has 47 heavy (non-hydrogen) atoms. The number of benzene rings is 3. The summed E-state index contributed by atoms with van der Waals surface area (Å²) in [6, 6.07) is 25.8. The van der Waals surface area contributed by atoms with Crippen LogP contribution in [0, 0.1) is 5.41 Å². The second-order valence-corrected chi connectivity index (χ2v) is 10.7. The molecule has 1 amide bonds. The number of fused-ring (bicyclic) bond motifs is 1. The van der Waals surface area contributed by atoms with Gasteiger partial charge in [-0.1, -0.05) is 48.5 Å². The van der Waals surface area contributed by atoms with E-state index in [1.807, 2.05) is 59.2 Å². The van der Waals surface area contributed by atoms with Crippen LogP contribution in [0.15, 0.2) is 78.9 Å². The van der Waals surface area contributed by atoms with Crippen LogP contribution in [0.5, 0.6) is 0 Å². The first-order valence-corrected chi connectivity index (χ1v) is 13.4. The van der Waals surface area contributed by atoms with E-state index in [1.165, 1.54) is 5.69 Å². The van der Waals surface area contributed by atoms with Crippen LogP contribution in [0.4, 0.5) is 32.0 Å². The maximum absolute atomic E-state index is 13.2. The highest BCUT2D eigenvalue weighted by molar-refractivity contribution is 5.99. The Labute approximate surface area is 264 Å². The van der Waals surface area contributed by atoms with Crippen molar-refractivity contribution in [3.05, 3.63) is 101 Å². The number of nitrogens with zero attached hydrogens (tertiary/aromatic N) is 2. The van der Waals surface area contributed by atoms with E-state index in [0.29, 0.717) is 24.3 Å². The fraction of sp³-hybridized carbons (Fsp3) is 0.226. The molecule has 5 N–H and O–H groups in total. The second-order valence-electron chi connectivity index (χ2n) is 10.7. The molecule has 4 aromatic rings. The summed E-state index contributed by atoms with van der Waals surface area (Å²) in [7, 11) is 6.38. The average molecular weight is 668 g/mol. The van der Waals surface area contributed by atoms with Crippen molar-refractivity contribution in [1.29, 1.82) is 5.41 Å². The Hall–Kier alpha value is -5.38. The molecule has 0 spiro atoms. The third-order valence-electron chi connectivity index (χ3n) is 6.26. The number of hydrogen-bond acceptors (Lipinski definition) is 5. The molecule has 0 aliphatic heterocycles. The van der Waals surface area contributed by atoms with E-state index in [1.54, 1.807) is 0 Å². The number of nitrogens with one attached hydrogen (secondary N) is 2. The maximum Gasteiger partial charge on any atom is 0.490 e. The van der Waals surface area contributed by atoms with Gasteiger partial charge in [-0.2, -0.15) is 26.3 Å². The SMILES string of the molecule is C[N+](C)(C)c1ccc(CNC(=O)c2cc3ccccc3n2Cc2cccc(C(=N)N)c2)cc1.O=C(O)C(F)(F)F.O=C([O-])C(F)(F)F. The summed E-state index contributed by atoms with van der Waals surface area (Å²) in [5.41, 5.74) is 11.2. The summed E-state index contributed by atoms with van der Waals surface area (Å²) in [6.45, 7) is 0.965. The molecule has 3 aromatic carbocycles. The lowest BCUT2D eigenvalue weighted by atomic mass is 10.1. The Morgan fingerprint density at radius 1 is 0.872 bits per heavy atom. The lowest BCUT2D eigenvalue weighted by Gasteiger charge is -2.23. The zero-order valence-electron chi connectivity index (χ0n) is 25.2. The summed E-state index contributed by atoms with van der Waals surface area (Å²) in [5.74, 6) is -5.85. The minimum atomic E-state index is -5.19.